The van der Waals surface area contributed by atoms with E-state index in [0.29, 0.717) is 17.4 Å². The topological polar surface area (TPSA) is 97.5 Å². The zero-order valence-corrected chi connectivity index (χ0v) is 10.2. The third-order valence-electron chi connectivity index (χ3n) is 3.20. The average molecular weight is 251 g/mol. The second kappa shape index (κ2) is 5.22. The fraction of sp³-hybridized carbons (Fsp3) is 0.500. The van der Waals surface area contributed by atoms with Crippen LogP contribution in [0, 0.1) is 5.92 Å². The summed E-state index contributed by atoms with van der Waals surface area (Å²) in [6, 6.07) is 1.60. The number of hydrogen-bond acceptors (Lipinski definition) is 5. The number of pyridine rings is 1. The van der Waals surface area contributed by atoms with Gasteiger partial charge in [0.15, 0.2) is 0 Å². The Labute approximate surface area is 105 Å². The number of carboxylic acid groups (broad SMARTS) is 1. The van der Waals surface area contributed by atoms with E-state index < -0.39 is 5.97 Å². The van der Waals surface area contributed by atoms with Gasteiger partial charge in [-0.15, -0.1) is 0 Å². The number of nitrogens with two attached hydrogens (primary N) is 1. The molecule has 0 saturated carbocycles. The standard InChI is InChI=1S/C12H17N3O3/c1-7(8-2-3-18-6-8)15-11-10(13)4-9(5-14-11)12(16)17/h4-5,7-8H,2-3,6,13H2,1H3,(H,14,15)(H,16,17). The molecule has 98 valence electrons. The predicted molar refractivity (Wildman–Crippen MR) is 67.6 cm³/mol. The Kier molecular flexibility index (Phi) is 3.66. The van der Waals surface area contributed by atoms with Crippen LogP contribution in [-0.4, -0.2) is 35.3 Å². The van der Waals surface area contributed by atoms with Crippen molar-refractivity contribution in [3.63, 3.8) is 0 Å². The Bertz CT molecular complexity index is 444. The van der Waals surface area contributed by atoms with E-state index >= 15 is 0 Å². The largest absolute Gasteiger partial charge is 0.478 e. The normalized spacial score (nSPS) is 20.6. The molecule has 0 amide bonds. The predicted octanol–water partition coefficient (Wildman–Crippen LogP) is 1.20. The first-order chi connectivity index (χ1) is 8.58. The second-order valence-electron chi connectivity index (χ2n) is 4.52. The first-order valence-electron chi connectivity index (χ1n) is 5.91. The molecule has 1 aliphatic rings. The van der Waals surface area contributed by atoms with Crippen LogP contribution in [0.5, 0.6) is 0 Å². The van der Waals surface area contributed by atoms with E-state index in [2.05, 4.69) is 10.3 Å². The summed E-state index contributed by atoms with van der Waals surface area (Å²) in [6.07, 6.45) is 2.32. The monoisotopic (exact) mass is 251 g/mol. The lowest BCUT2D eigenvalue weighted by Crippen LogP contribution is -2.27. The van der Waals surface area contributed by atoms with Gasteiger partial charge in [0.2, 0.25) is 0 Å². The van der Waals surface area contributed by atoms with Gasteiger partial charge in [-0.05, 0) is 19.4 Å². The fourth-order valence-corrected chi connectivity index (χ4v) is 2.00. The molecule has 1 aromatic heterocycles. The smallest absolute Gasteiger partial charge is 0.337 e. The van der Waals surface area contributed by atoms with Crippen LogP contribution < -0.4 is 11.1 Å². The Morgan fingerprint density at radius 1 is 1.72 bits per heavy atom. The molecular weight excluding hydrogens is 234 g/mol. The van der Waals surface area contributed by atoms with Crippen molar-refractivity contribution < 1.29 is 14.6 Å². The van der Waals surface area contributed by atoms with Crippen molar-refractivity contribution in [1.82, 2.24) is 4.98 Å². The highest BCUT2D eigenvalue weighted by molar-refractivity contribution is 5.89. The van der Waals surface area contributed by atoms with Crippen molar-refractivity contribution in [3.05, 3.63) is 17.8 Å². The summed E-state index contributed by atoms with van der Waals surface area (Å²) in [7, 11) is 0. The van der Waals surface area contributed by atoms with Crippen LogP contribution in [0.4, 0.5) is 11.5 Å². The van der Waals surface area contributed by atoms with E-state index in [1.54, 1.807) is 0 Å². The molecule has 2 atom stereocenters. The van der Waals surface area contributed by atoms with Crippen molar-refractivity contribution >= 4 is 17.5 Å². The van der Waals surface area contributed by atoms with Gasteiger partial charge in [-0.2, -0.15) is 0 Å². The number of carboxylic acids is 1. The molecule has 0 aliphatic carbocycles. The summed E-state index contributed by atoms with van der Waals surface area (Å²) in [5.74, 6) is -0.0669. The van der Waals surface area contributed by atoms with Gasteiger partial charge in [-0.25, -0.2) is 9.78 Å². The van der Waals surface area contributed by atoms with Gasteiger partial charge in [0.1, 0.15) is 5.82 Å². The van der Waals surface area contributed by atoms with E-state index in [1.165, 1.54) is 12.3 Å². The molecule has 1 aromatic rings. The summed E-state index contributed by atoms with van der Waals surface area (Å²) in [5.41, 5.74) is 6.23. The molecule has 4 N–H and O–H groups in total. The molecule has 1 saturated heterocycles. The average Bonchev–Trinajstić information content (AvgIpc) is 2.85. The minimum atomic E-state index is -1.03. The Morgan fingerprint density at radius 2 is 2.50 bits per heavy atom. The van der Waals surface area contributed by atoms with E-state index in [-0.39, 0.29) is 11.6 Å². The second-order valence-corrected chi connectivity index (χ2v) is 4.52. The highest BCUT2D eigenvalue weighted by Gasteiger charge is 2.23. The first-order valence-corrected chi connectivity index (χ1v) is 5.91. The number of aromatic carboxylic acids is 1. The highest BCUT2D eigenvalue weighted by Crippen LogP contribution is 2.22. The fourth-order valence-electron chi connectivity index (χ4n) is 2.00. The molecule has 6 heteroatoms. The third kappa shape index (κ3) is 2.70. The summed E-state index contributed by atoms with van der Waals surface area (Å²) in [6.45, 7) is 3.57. The molecule has 1 aliphatic heterocycles. The number of hydrogen-bond donors (Lipinski definition) is 3. The van der Waals surface area contributed by atoms with Crippen molar-refractivity contribution in [1.29, 1.82) is 0 Å². The van der Waals surface area contributed by atoms with Crippen LogP contribution in [0.3, 0.4) is 0 Å². The van der Waals surface area contributed by atoms with Gasteiger partial charge in [0, 0.05) is 24.8 Å². The lowest BCUT2D eigenvalue weighted by Gasteiger charge is -2.20. The Balaban J connectivity index is 2.06. The van der Waals surface area contributed by atoms with Gasteiger partial charge in [-0.3, -0.25) is 0 Å². The van der Waals surface area contributed by atoms with Crippen molar-refractivity contribution in [2.75, 3.05) is 24.3 Å². The zero-order chi connectivity index (χ0) is 13.1. The number of nitrogens with zero attached hydrogens (tertiary/aromatic N) is 1. The molecule has 18 heavy (non-hydrogen) atoms. The van der Waals surface area contributed by atoms with Gasteiger partial charge < -0.3 is 20.9 Å². The molecule has 1 fully saturated rings. The molecule has 0 bridgehead atoms. The maximum Gasteiger partial charge on any atom is 0.337 e. The quantitative estimate of drug-likeness (QED) is 0.744. The summed E-state index contributed by atoms with van der Waals surface area (Å²) in [4.78, 5) is 14.8. The number of rotatable bonds is 4. The van der Waals surface area contributed by atoms with E-state index in [4.69, 9.17) is 15.6 Å². The number of nitrogen functional groups attached to an aromatic ring is 1. The van der Waals surface area contributed by atoms with Gasteiger partial charge in [0.25, 0.3) is 0 Å². The van der Waals surface area contributed by atoms with Crippen LogP contribution >= 0.6 is 0 Å². The van der Waals surface area contributed by atoms with Crippen LogP contribution in [0.2, 0.25) is 0 Å². The Morgan fingerprint density at radius 3 is 3.06 bits per heavy atom. The maximum atomic E-state index is 10.8. The van der Waals surface area contributed by atoms with Crippen molar-refractivity contribution in [2.24, 2.45) is 5.92 Å². The van der Waals surface area contributed by atoms with E-state index in [9.17, 15) is 4.79 Å². The minimum Gasteiger partial charge on any atom is -0.478 e. The lowest BCUT2D eigenvalue weighted by atomic mass is 10.0. The Hall–Kier alpha value is -1.82. The number of nitrogens with one attached hydrogen (secondary N) is 1. The van der Waals surface area contributed by atoms with Crippen molar-refractivity contribution in [3.8, 4) is 0 Å². The molecule has 2 unspecified atom stereocenters. The van der Waals surface area contributed by atoms with E-state index in [1.807, 2.05) is 6.92 Å². The molecule has 0 radical (unpaired) electrons. The number of anilines is 2. The van der Waals surface area contributed by atoms with Gasteiger partial charge in [-0.1, -0.05) is 0 Å². The molecule has 2 rings (SSSR count). The van der Waals surface area contributed by atoms with Gasteiger partial charge in [0.05, 0.1) is 17.9 Å². The minimum absolute atomic E-state index is 0.0925. The van der Waals surface area contributed by atoms with Crippen LogP contribution in [0.15, 0.2) is 12.3 Å². The molecule has 0 spiro atoms. The molecule has 0 aromatic carbocycles. The number of aromatic nitrogens is 1. The SMILES string of the molecule is CC(Nc1ncc(C(=O)O)cc1N)C1CCOC1. The maximum absolute atomic E-state index is 10.8. The van der Waals surface area contributed by atoms with Crippen LogP contribution in [0.25, 0.3) is 0 Å². The van der Waals surface area contributed by atoms with E-state index in [0.717, 1.165) is 19.6 Å². The van der Waals surface area contributed by atoms with Crippen LogP contribution in [0.1, 0.15) is 23.7 Å². The summed E-state index contributed by atoms with van der Waals surface area (Å²) < 4.78 is 5.33. The highest BCUT2D eigenvalue weighted by atomic mass is 16.5. The molecular formula is C12H17N3O3. The first kappa shape index (κ1) is 12.6. The number of ether oxygens (including phenoxy) is 1. The zero-order valence-electron chi connectivity index (χ0n) is 10.2. The van der Waals surface area contributed by atoms with Crippen LogP contribution in [-0.2, 0) is 4.74 Å². The van der Waals surface area contributed by atoms with Crippen molar-refractivity contribution in [2.45, 2.75) is 19.4 Å². The molecule has 2 heterocycles. The lowest BCUT2D eigenvalue weighted by molar-refractivity contribution is 0.0696. The molecule has 6 nitrogen and oxygen atoms in total. The number of carbonyl (C=O) groups is 1. The summed E-state index contributed by atoms with van der Waals surface area (Å²) in [5, 5.41) is 12.0. The summed E-state index contributed by atoms with van der Waals surface area (Å²) >= 11 is 0. The van der Waals surface area contributed by atoms with Gasteiger partial charge >= 0.3 is 5.97 Å². The third-order valence-corrected chi connectivity index (χ3v) is 3.20.